The van der Waals surface area contributed by atoms with Crippen molar-refractivity contribution in [3.05, 3.63) is 108 Å². The summed E-state index contributed by atoms with van der Waals surface area (Å²) in [6, 6.07) is 28.4. The maximum atomic E-state index is 12.9. The lowest BCUT2D eigenvalue weighted by Crippen LogP contribution is -2.44. The van der Waals surface area contributed by atoms with E-state index in [1.165, 1.54) is 32.2 Å². The van der Waals surface area contributed by atoms with Crippen LogP contribution in [0.1, 0.15) is 61.1 Å². The number of nitrogens with one attached hydrogen (secondary N) is 1. The van der Waals surface area contributed by atoms with Gasteiger partial charge in [-0.2, -0.15) is 8.42 Å². The van der Waals surface area contributed by atoms with E-state index < -0.39 is 21.6 Å². The molecule has 272 valence electrons. The van der Waals surface area contributed by atoms with Crippen LogP contribution < -0.4 is 5.32 Å². The van der Waals surface area contributed by atoms with Gasteiger partial charge in [-0.1, -0.05) is 115 Å². The molecular formula is C38H54FNO8S. The van der Waals surface area contributed by atoms with E-state index >= 15 is 0 Å². The molecule has 0 aliphatic heterocycles. The van der Waals surface area contributed by atoms with Crippen LogP contribution >= 0.6 is 0 Å². The average Bonchev–Trinajstić information content (AvgIpc) is 3.00. The highest BCUT2D eigenvalue weighted by Gasteiger charge is 2.38. The number of hydrogen-bond acceptors (Lipinski definition) is 7. The third-order valence-electron chi connectivity index (χ3n) is 7.23. The van der Waals surface area contributed by atoms with Gasteiger partial charge in [-0.3, -0.25) is 23.6 Å². The Hall–Kier alpha value is -4.29. The molecule has 49 heavy (non-hydrogen) atoms. The van der Waals surface area contributed by atoms with Crippen LogP contribution in [0.4, 0.5) is 10.4 Å². The highest BCUT2D eigenvalue weighted by Crippen LogP contribution is 2.31. The Morgan fingerprint density at radius 2 is 1.29 bits per heavy atom. The standard InChI is InChI=1S/C23H23NO6S.C11H14O2.4CH4.FH/c1-16(25)23(30-2,14-17-8-4-3-5-9-17)15-21(26)24-19-12-6-10-18-11-7-13-20(22(18)19)31(27,28)29;1-9(12)11(13-2)8-10-6-4-3-5-7-10;;;;;/h3-13H,14-15H2,1-2H3,(H,24,26)(H,27,28,29);3-7,11H,8H2,1-2H3;4*1H4;1H. The molecule has 0 aliphatic rings. The fourth-order valence-electron chi connectivity index (χ4n) is 4.83. The van der Waals surface area contributed by atoms with Crippen molar-refractivity contribution in [2.24, 2.45) is 0 Å². The molecule has 0 bridgehead atoms. The molecule has 9 nitrogen and oxygen atoms in total. The van der Waals surface area contributed by atoms with Gasteiger partial charge < -0.3 is 14.8 Å². The molecule has 11 heteroatoms. The van der Waals surface area contributed by atoms with E-state index in [-0.39, 0.29) is 80.9 Å². The van der Waals surface area contributed by atoms with E-state index in [4.69, 9.17) is 9.47 Å². The van der Waals surface area contributed by atoms with Crippen LogP contribution in [0.5, 0.6) is 0 Å². The summed E-state index contributed by atoms with van der Waals surface area (Å²) in [4.78, 5) is 36.1. The number of anilines is 1. The number of ether oxygens (including phenoxy) is 2. The van der Waals surface area contributed by atoms with Crippen molar-refractivity contribution >= 4 is 44.1 Å². The summed E-state index contributed by atoms with van der Waals surface area (Å²) in [6.07, 6.45) is 0.298. The largest absolute Gasteiger partial charge is 0.373 e. The van der Waals surface area contributed by atoms with Gasteiger partial charge in [0.25, 0.3) is 10.1 Å². The van der Waals surface area contributed by atoms with Crippen molar-refractivity contribution in [2.75, 3.05) is 19.5 Å². The smallest absolute Gasteiger partial charge is 0.295 e. The summed E-state index contributed by atoms with van der Waals surface area (Å²) >= 11 is 0. The highest BCUT2D eigenvalue weighted by molar-refractivity contribution is 7.86. The minimum Gasteiger partial charge on any atom is -0.373 e. The SMILES string of the molecule is C.C.C.C.COC(CC(=O)Nc1cccc2cccc(S(=O)(=O)O)c12)(Cc1ccccc1)C(C)=O.COC(Cc1ccccc1)C(C)=O.F. The molecule has 0 fully saturated rings. The van der Waals surface area contributed by atoms with Gasteiger partial charge >= 0.3 is 0 Å². The third-order valence-corrected chi connectivity index (χ3v) is 8.13. The van der Waals surface area contributed by atoms with Crippen molar-refractivity contribution < 1.29 is 41.5 Å². The predicted molar refractivity (Wildman–Crippen MR) is 199 cm³/mol. The Labute approximate surface area is 292 Å². The Bertz CT molecular complexity index is 1690. The predicted octanol–water partition coefficient (Wildman–Crippen LogP) is 8.16. The average molecular weight is 704 g/mol. The first-order valence-corrected chi connectivity index (χ1v) is 15.3. The van der Waals surface area contributed by atoms with Crippen molar-refractivity contribution in [2.45, 2.75) is 79.4 Å². The van der Waals surface area contributed by atoms with Gasteiger partial charge in [0.15, 0.2) is 11.6 Å². The van der Waals surface area contributed by atoms with E-state index in [0.717, 1.165) is 11.1 Å². The van der Waals surface area contributed by atoms with Crippen molar-refractivity contribution in [1.82, 2.24) is 0 Å². The van der Waals surface area contributed by atoms with Gasteiger partial charge in [-0.05, 0) is 42.5 Å². The van der Waals surface area contributed by atoms with Crippen molar-refractivity contribution in [1.29, 1.82) is 0 Å². The quantitative estimate of drug-likeness (QED) is 0.141. The normalized spacial score (nSPS) is 11.9. The number of carbonyl (C=O) groups is 3. The Morgan fingerprint density at radius 1 is 0.776 bits per heavy atom. The second-order valence-corrected chi connectivity index (χ2v) is 11.7. The summed E-state index contributed by atoms with van der Waals surface area (Å²) in [5.41, 5.74) is 0.807. The van der Waals surface area contributed by atoms with Crippen LogP contribution in [0.25, 0.3) is 10.8 Å². The monoisotopic (exact) mass is 703 g/mol. The Balaban J connectivity index is -0.00000101. The molecule has 0 heterocycles. The zero-order chi connectivity index (χ0) is 32.3. The van der Waals surface area contributed by atoms with Gasteiger partial charge in [0, 0.05) is 38.1 Å². The summed E-state index contributed by atoms with van der Waals surface area (Å²) < 4.78 is 43.9. The lowest BCUT2D eigenvalue weighted by atomic mass is 9.87. The first-order chi connectivity index (χ1) is 20.9. The number of hydrogen-bond donors (Lipinski definition) is 2. The molecule has 1 amide bonds. The Morgan fingerprint density at radius 3 is 1.73 bits per heavy atom. The van der Waals surface area contributed by atoms with E-state index in [0.29, 0.717) is 11.8 Å². The minimum absolute atomic E-state index is 0. The fourth-order valence-corrected chi connectivity index (χ4v) is 5.56. The van der Waals surface area contributed by atoms with E-state index in [2.05, 4.69) is 5.32 Å². The number of rotatable bonds is 12. The number of benzene rings is 4. The molecule has 2 N–H and O–H groups in total. The van der Waals surface area contributed by atoms with Gasteiger partial charge in [0.05, 0.1) is 6.42 Å². The molecule has 4 aromatic carbocycles. The number of ketones is 2. The zero-order valence-electron chi connectivity index (χ0n) is 25.6. The van der Waals surface area contributed by atoms with E-state index in [1.54, 1.807) is 32.2 Å². The lowest BCUT2D eigenvalue weighted by molar-refractivity contribution is -0.144. The molecule has 0 saturated carbocycles. The van der Waals surface area contributed by atoms with Crippen molar-refractivity contribution in [3.8, 4) is 0 Å². The van der Waals surface area contributed by atoms with Crippen LogP contribution in [0.15, 0.2) is 102 Å². The number of methoxy groups -OCH3 is 2. The number of Topliss-reactive ketones (excluding diaryl/α,β-unsaturated/α-hetero) is 2. The maximum Gasteiger partial charge on any atom is 0.295 e. The maximum absolute atomic E-state index is 12.9. The van der Waals surface area contributed by atoms with E-state index in [9.17, 15) is 27.4 Å². The van der Waals surface area contributed by atoms with Gasteiger partial charge in [-0.25, -0.2) is 0 Å². The van der Waals surface area contributed by atoms with E-state index in [1.807, 2.05) is 60.7 Å². The first kappa shape index (κ1) is 49.1. The molecule has 0 aliphatic carbocycles. The molecule has 2 atom stereocenters. The second kappa shape index (κ2) is 22.4. The van der Waals surface area contributed by atoms with Crippen molar-refractivity contribution in [3.63, 3.8) is 0 Å². The molecule has 0 radical (unpaired) electrons. The first-order valence-electron chi connectivity index (χ1n) is 13.9. The summed E-state index contributed by atoms with van der Waals surface area (Å²) in [6.45, 7) is 2.92. The van der Waals surface area contributed by atoms with Gasteiger partial charge in [0.2, 0.25) is 5.91 Å². The molecule has 0 aromatic heterocycles. The van der Waals surface area contributed by atoms with Crippen LogP contribution in [-0.2, 0) is 46.8 Å². The summed E-state index contributed by atoms with van der Waals surface area (Å²) in [7, 11) is -1.57. The number of amides is 1. The number of carbonyl (C=O) groups excluding carboxylic acids is 3. The number of halogens is 1. The van der Waals surface area contributed by atoms with Crippen LogP contribution in [-0.4, -0.2) is 56.4 Å². The fraction of sp³-hybridized carbons (Fsp3) is 0.342. The molecule has 0 spiro atoms. The van der Waals surface area contributed by atoms with Crippen LogP contribution in [0.2, 0.25) is 0 Å². The van der Waals surface area contributed by atoms with Crippen LogP contribution in [0.3, 0.4) is 0 Å². The minimum atomic E-state index is -4.51. The lowest BCUT2D eigenvalue weighted by Gasteiger charge is -2.29. The Kier molecular flexibility index (Phi) is 22.4. The second-order valence-electron chi connectivity index (χ2n) is 10.3. The zero-order valence-corrected chi connectivity index (χ0v) is 26.4. The topological polar surface area (TPSA) is 136 Å². The van der Waals surface area contributed by atoms with Crippen LogP contribution in [0, 0.1) is 0 Å². The molecule has 4 rings (SSSR count). The summed E-state index contributed by atoms with van der Waals surface area (Å²) in [5.74, 6) is -0.748. The summed E-state index contributed by atoms with van der Waals surface area (Å²) in [5, 5.41) is 3.40. The molecule has 2 unspecified atom stereocenters. The highest BCUT2D eigenvalue weighted by atomic mass is 32.2. The molecule has 4 aromatic rings. The van der Waals surface area contributed by atoms with Gasteiger partial charge in [0.1, 0.15) is 16.6 Å². The molecule has 0 saturated heterocycles. The van der Waals surface area contributed by atoms with Gasteiger partial charge in [-0.15, -0.1) is 0 Å². The third kappa shape index (κ3) is 13.6. The number of fused-ring (bicyclic) bond motifs is 1. The molecular weight excluding hydrogens is 649 g/mol.